The third kappa shape index (κ3) is 2.05. The SMILES string of the molecule is Cn1nc(CCl)cc1-c1ccc2c(c1)CCCC2. The van der Waals surface area contributed by atoms with Crippen molar-refractivity contribution in [2.75, 3.05) is 0 Å². The van der Waals surface area contributed by atoms with E-state index < -0.39 is 0 Å². The third-order valence-corrected chi connectivity index (χ3v) is 3.99. The van der Waals surface area contributed by atoms with Gasteiger partial charge in [-0.3, -0.25) is 4.68 Å². The first-order valence-electron chi connectivity index (χ1n) is 6.49. The van der Waals surface area contributed by atoms with Gasteiger partial charge in [0.15, 0.2) is 0 Å². The molecule has 18 heavy (non-hydrogen) atoms. The van der Waals surface area contributed by atoms with Crippen LogP contribution >= 0.6 is 11.6 Å². The predicted octanol–water partition coefficient (Wildman–Crippen LogP) is 3.70. The van der Waals surface area contributed by atoms with E-state index in [1.54, 1.807) is 0 Å². The van der Waals surface area contributed by atoms with Crippen LogP contribution in [0.5, 0.6) is 0 Å². The maximum atomic E-state index is 5.84. The van der Waals surface area contributed by atoms with Crippen LogP contribution in [0.25, 0.3) is 11.3 Å². The Labute approximate surface area is 113 Å². The summed E-state index contributed by atoms with van der Waals surface area (Å²) < 4.78 is 1.92. The Morgan fingerprint density at radius 2 is 1.94 bits per heavy atom. The summed E-state index contributed by atoms with van der Waals surface area (Å²) in [5.74, 6) is 0.471. The number of hydrogen-bond acceptors (Lipinski definition) is 1. The van der Waals surface area contributed by atoms with E-state index in [1.807, 2.05) is 11.7 Å². The van der Waals surface area contributed by atoms with Gasteiger partial charge in [0.2, 0.25) is 0 Å². The lowest BCUT2D eigenvalue weighted by Crippen LogP contribution is -2.03. The Morgan fingerprint density at radius 3 is 2.67 bits per heavy atom. The molecule has 0 radical (unpaired) electrons. The molecule has 1 aliphatic rings. The number of hydrogen-bond donors (Lipinski definition) is 0. The molecule has 3 heteroatoms. The zero-order chi connectivity index (χ0) is 12.5. The van der Waals surface area contributed by atoms with Crippen LogP contribution in [0.3, 0.4) is 0 Å². The van der Waals surface area contributed by atoms with Gasteiger partial charge in [-0.15, -0.1) is 11.6 Å². The fourth-order valence-corrected chi connectivity index (χ4v) is 2.89. The number of aromatic nitrogens is 2. The van der Waals surface area contributed by atoms with Crippen molar-refractivity contribution < 1.29 is 0 Å². The average molecular weight is 261 g/mol. The van der Waals surface area contributed by atoms with Crippen molar-refractivity contribution in [2.45, 2.75) is 31.6 Å². The normalized spacial score (nSPS) is 14.6. The Bertz CT molecular complexity index is 572. The number of alkyl halides is 1. The highest BCUT2D eigenvalue weighted by atomic mass is 35.5. The number of fused-ring (bicyclic) bond motifs is 1. The van der Waals surface area contributed by atoms with E-state index >= 15 is 0 Å². The fourth-order valence-electron chi connectivity index (χ4n) is 2.75. The molecular weight excluding hydrogens is 244 g/mol. The maximum Gasteiger partial charge on any atom is 0.0778 e. The van der Waals surface area contributed by atoms with Crippen molar-refractivity contribution in [1.29, 1.82) is 0 Å². The topological polar surface area (TPSA) is 17.8 Å². The largest absolute Gasteiger partial charge is 0.268 e. The number of aryl methyl sites for hydroxylation is 3. The number of benzene rings is 1. The molecular formula is C15H17ClN2. The predicted molar refractivity (Wildman–Crippen MR) is 74.8 cm³/mol. The molecule has 0 amide bonds. The Morgan fingerprint density at radius 1 is 1.17 bits per heavy atom. The van der Waals surface area contributed by atoms with Gasteiger partial charge in [-0.25, -0.2) is 0 Å². The molecule has 0 aliphatic heterocycles. The van der Waals surface area contributed by atoms with E-state index in [1.165, 1.54) is 42.4 Å². The van der Waals surface area contributed by atoms with Crippen molar-refractivity contribution in [1.82, 2.24) is 9.78 Å². The highest BCUT2D eigenvalue weighted by molar-refractivity contribution is 6.16. The van der Waals surface area contributed by atoms with Gasteiger partial charge in [0.05, 0.1) is 17.3 Å². The zero-order valence-electron chi connectivity index (χ0n) is 10.6. The molecule has 0 N–H and O–H groups in total. The number of halogens is 1. The van der Waals surface area contributed by atoms with Crippen molar-refractivity contribution >= 4 is 11.6 Å². The van der Waals surface area contributed by atoms with Crippen LogP contribution in [0.2, 0.25) is 0 Å². The molecule has 2 nitrogen and oxygen atoms in total. The first kappa shape index (κ1) is 11.8. The smallest absolute Gasteiger partial charge is 0.0778 e. The van der Waals surface area contributed by atoms with Gasteiger partial charge in [-0.2, -0.15) is 5.10 Å². The number of nitrogens with zero attached hydrogens (tertiary/aromatic N) is 2. The average Bonchev–Trinajstić information content (AvgIpc) is 2.79. The lowest BCUT2D eigenvalue weighted by molar-refractivity contribution is 0.685. The van der Waals surface area contributed by atoms with E-state index in [2.05, 4.69) is 29.4 Å². The van der Waals surface area contributed by atoms with Gasteiger partial charge >= 0.3 is 0 Å². The van der Waals surface area contributed by atoms with Crippen molar-refractivity contribution in [3.63, 3.8) is 0 Å². The summed E-state index contributed by atoms with van der Waals surface area (Å²) in [6, 6.07) is 8.89. The first-order valence-corrected chi connectivity index (χ1v) is 7.02. The summed E-state index contributed by atoms with van der Waals surface area (Å²) >= 11 is 5.84. The monoisotopic (exact) mass is 260 g/mol. The molecule has 0 atom stereocenters. The van der Waals surface area contributed by atoms with Crippen LogP contribution in [0, 0.1) is 0 Å². The van der Waals surface area contributed by atoms with Gasteiger partial charge in [-0.05, 0) is 48.9 Å². The van der Waals surface area contributed by atoms with E-state index in [4.69, 9.17) is 11.6 Å². The van der Waals surface area contributed by atoms with E-state index in [9.17, 15) is 0 Å². The molecule has 0 saturated heterocycles. The second-order valence-corrected chi connectivity index (χ2v) is 5.24. The Balaban J connectivity index is 2.03. The highest BCUT2D eigenvalue weighted by Crippen LogP contribution is 2.27. The summed E-state index contributed by atoms with van der Waals surface area (Å²) in [4.78, 5) is 0. The van der Waals surface area contributed by atoms with E-state index in [0.717, 1.165) is 11.4 Å². The van der Waals surface area contributed by atoms with Crippen LogP contribution in [0.1, 0.15) is 29.7 Å². The van der Waals surface area contributed by atoms with Crippen LogP contribution in [-0.4, -0.2) is 9.78 Å². The molecule has 3 rings (SSSR count). The molecule has 0 unspecified atom stereocenters. The summed E-state index contributed by atoms with van der Waals surface area (Å²) in [5, 5.41) is 4.40. The summed E-state index contributed by atoms with van der Waals surface area (Å²) in [7, 11) is 1.98. The molecule has 1 aromatic carbocycles. The van der Waals surface area contributed by atoms with E-state index in [0.29, 0.717) is 5.88 Å². The second-order valence-electron chi connectivity index (χ2n) is 4.97. The summed E-state index contributed by atoms with van der Waals surface area (Å²) in [5.41, 5.74) is 6.37. The second kappa shape index (κ2) is 4.77. The maximum absolute atomic E-state index is 5.84. The summed E-state index contributed by atoms with van der Waals surface area (Å²) in [6.45, 7) is 0. The fraction of sp³-hybridized carbons (Fsp3) is 0.400. The van der Waals surface area contributed by atoms with Crippen molar-refractivity contribution in [3.8, 4) is 11.3 Å². The minimum atomic E-state index is 0.471. The van der Waals surface area contributed by atoms with Gasteiger partial charge in [0.25, 0.3) is 0 Å². The lowest BCUT2D eigenvalue weighted by Gasteiger charge is -2.16. The summed E-state index contributed by atoms with van der Waals surface area (Å²) in [6.07, 6.45) is 5.08. The van der Waals surface area contributed by atoms with Crippen LogP contribution in [0.15, 0.2) is 24.3 Å². The van der Waals surface area contributed by atoms with E-state index in [-0.39, 0.29) is 0 Å². The Hall–Kier alpha value is -1.28. The van der Waals surface area contributed by atoms with Gasteiger partial charge in [-0.1, -0.05) is 12.1 Å². The van der Waals surface area contributed by atoms with Crippen LogP contribution in [0.4, 0.5) is 0 Å². The van der Waals surface area contributed by atoms with Gasteiger partial charge < -0.3 is 0 Å². The minimum absolute atomic E-state index is 0.471. The third-order valence-electron chi connectivity index (χ3n) is 3.71. The molecule has 0 saturated carbocycles. The molecule has 1 aromatic heterocycles. The molecule has 1 aliphatic carbocycles. The standard InChI is InChI=1S/C15H17ClN2/c1-18-15(9-14(10-16)17-18)13-7-6-11-4-2-3-5-12(11)8-13/h6-9H,2-5,10H2,1H3. The zero-order valence-corrected chi connectivity index (χ0v) is 11.4. The minimum Gasteiger partial charge on any atom is -0.268 e. The number of rotatable bonds is 2. The van der Waals surface area contributed by atoms with Crippen LogP contribution < -0.4 is 0 Å². The van der Waals surface area contributed by atoms with Gasteiger partial charge in [0, 0.05) is 12.6 Å². The Kier molecular flexibility index (Phi) is 3.13. The van der Waals surface area contributed by atoms with Crippen molar-refractivity contribution in [3.05, 3.63) is 41.1 Å². The van der Waals surface area contributed by atoms with Crippen molar-refractivity contribution in [2.24, 2.45) is 7.05 Å². The molecule has 94 valence electrons. The molecule has 0 spiro atoms. The molecule has 0 fully saturated rings. The lowest BCUT2D eigenvalue weighted by atomic mass is 9.90. The van der Waals surface area contributed by atoms with Gasteiger partial charge in [0.1, 0.15) is 0 Å². The first-order chi connectivity index (χ1) is 8.78. The molecule has 1 heterocycles. The van der Waals surface area contributed by atoms with Crippen LogP contribution in [-0.2, 0) is 25.8 Å². The quantitative estimate of drug-likeness (QED) is 0.753. The molecule has 0 bridgehead atoms. The molecule has 2 aromatic rings. The highest BCUT2D eigenvalue weighted by Gasteiger charge is 2.12.